The molecule has 2 nitrogen and oxygen atoms in total. The molecular weight excluding hydrogens is 182 g/mol. The minimum Gasteiger partial charge on any atom is -0.300 e. The summed E-state index contributed by atoms with van der Waals surface area (Å²) in [7, 11) is 0. The van der Waals surface area contributed by atoms with Gasteiger partial charge in [0.2, 0.25) is 0 Å². The Morgan fingerprint density at radius 2 is 2.31 bits per heavy atom. The molecule has 0 spiro atoms. The van der Waals surface area contributed by atoms with Crippen molar-refractivity contribution in [2.75, 3.05) is 0 Å². The first kappa shape index (κ1) is 8.46. The largest absolute Gasteiger partial charge is 0.300 e. The van der Waals surface area contributed by atoms with Gasteiger partial charge in [-0.3, -0.25) is 4.79 Å². The number of ketones is 1. The van der Waals surface area contributed by atoms with Crippen molar-refractivity contribution in [3.05, 3.63) is 21.9 Å². The van der Waals surface area contributed by atoms with E-state index in [1.54, 1.807) is 11.3 Å². The van der Waals surface area contributed by atoms with Crippen molar-refractivity contribution >= 4 is 17.1 Å². The Morgan fingerprint density at radius 1 is 1.62 bits per heavy atom. The monoisotopic (exact) mass is 191 g/mol. The highest BCUT2D eigenvalue weighted by Crippen LogP contribution is 2.44. The van der Waals surface area contributed by atoms with Crippen LogP contribution in [0.4, 0.5) is 0 Å². The van der Waals surface area contributed by atoms with Crippen molar-refractivity contribution < 1.29 is 4.79 Å². The molecule has 1 aromatic heterocycles. The normalized spacial score (nSPS) is 19.2. The predicted molar refractivity (Wildman–Crippen MR) is 50.6 cm³/mol. The quantitative estimate of drug-likeness (QED) is 0.682. The zero-order valence-electron chi connectivity index (χ0n) is 7.33. The first-order chi connectivity index (χ1) is 6.18. The minimum atomic E-state index is -0.477. The number of thiophene rings is 1. The topological polar surface area (TPSA) is 40.9 Å². The van der Waals surface area contributed by atoms with Gasteiger partial charge in [-0.05, 0) is 23.9 Å². The molecule has 1 aliphatic carbocycles. The van der Waals surface area contributed by atoms with Gasteiger partial charge in [0.1, 0.15) is 11.2 Å². The molecule has 0 N–H and O–H groups in total. The molecule has 3 heteroatoms. The molecule has 0 radical (unpaired) electrons. The molecule has 1 fully saturated rings. The minimum absolute atomic E-state index is 0.203. The summed E-state index contributed by atoms with van der Waals surface area (Å²) in [6, 6.07) is 4.28. The molecule has 1 saturated carbocycles. The van der Waals surface area contributed by atoms with Crippen LogP contribution in [0.3, 0.4) is 0 Å². The Kier molecular flexibility index (Phi) is 1.74. The van der Waals surface area contributed by atoms with Gasteiger partial charge < -0.3 is 0 Å². The smallest absolute Gasteiger partial charge is 0.136 e. The summed E-state index contributed by atoms with van der Waals surface area (Å²) in [4.78, 5) is 12.0. The van der Waals surface area contributed by atoms with E-state index in [1.807, 2.05) is 18.4 Å². The molecule has 13 heavy (non-hydrogen) atoms. The maximum absolute atomic E-state index is 10.9. The molecule has 0 unspecified atom stereocenters. The van der Waals surface area contributed by atoms with E-state index >= 15 is 0 Å². The van der Waals surface area contributed by atoms with Crippen LogP contribution in [0, 0.1) is 18.3 Å². The molecule has 0 atom stereocenters. The summed E-state index contributed by atoms with van der Waals surface area (Å²) in [6.07, 6.45) is 0.815. The maximum Gasteiger partial charge on any atom is 0.136 e. The van der Waals surface area contributed by atoms with E-state index in [2.05, 4.69) is 6.07 Å². The lowest BCUT2D eigenvalue weighted by atomic mass is 9.67. The van der Waals surface area contributed by atoms with Crippen molar-refractivity contribution in [1.29, 1.82) is 5.26 Å². The zero-order valence-corrected chi connectivity index (χ0v) is 8.15. The van der Waals surface area contributed by atoms with E-state index in [-0.39, 0.29) is 5.78 Å². The van der Waals surface area contributed by atoms with Gasteiger partial charge in [-0.15, -0.1) is 11.3 Å². The van der Waals surface area contributed by atoms with E-state index in [0.29, 0.717) is 12.8 Å². The van der Waals surface area contributed by atoms with Gasteiger partial charge in [0.15, 0.2) is 0 Å². The zero-order chi connectivity index (χ0) is 9.47. The number of carbonyl (C=O) groups is 1. The Bertz CT molecular complexity index is 391. The number of rotatable bonds is 1. The van der Waals surface area contributed by atoms with Gasteiger partial charge >= 0.3 is 0 Å². The summed E-state index contributed by atoms with van der Waals surface area (Å²) >= 11 is 1.58. The summed E-state index contributed by atoms with van der Waals surface area (Å²) in [6.45, 7) is 1.99. The standard InChI is InChI=1S/C10H9NOS/c1-7-2-3-13-9(7)10(6-11)4-8(12)5-10/h2-3H,4-5H2,1H3. The Morgan fingerprint density at radius 3 is 2.69 bits per heavy atom. The number of Topliss-reactive ketones (excluding diaryl/α,β-unsaturated/α-hetero) is 1. The third-order valence-corrected chi connectivity index (χ3v) is 3.73. The van der Waals surface area contributed by atoms with Crippen LogP contribution < -0.4 is 0 Å². The lowest BCUT2D eigenvalue weighted by molar-refractivity contribution is -0.126. The highest BCUT2D eigenvalue weighted by molar-refractivity contribution is 7.10. The van der Waals surface area contributed by atoms with Crippen LogP contribution in [-0.2, 0) is 10.2 Å². The van der Waals surface area contributed by atoms with Crippen molar-refractivity contribution in [3.8, 4) is 6.07 Å². The molecule has 66 valence electrons. The van der Waals surface area contributed by atoms with E-state index in [0.717, 1.165) is 10.4 Å². The van der Waals surface area contributed by atoms with Crippen LogP contribution >= 0.6 is 11.3 Å². The lowest BCUT2D eigenvalue weighted by Gasteiger charge is -2.33. The summed E-state index contributed by atoms with van der Waals surface area (Å²) in [5.41, 5.74) is 0.661. The van der Waals surface area contributed by atoms with Crippen molar-refractivity contribution in [1.82, 2.24) is 0 Å². The number of nitriles is 1. The average molecular weight is 191 g/mol. The second-order valence-electron chi connectivity index (χ2n) is 3.52. The van der Waals surface area contributed by atoms with Crippen LogP contribution in [-0.4, -0.2) is 5.78 Å². The Labute approximate surface area is 80.8 Å². The molecule has 1 heterocycles. The molecule has 2 rings (SSSR count). The SMILES string of the molecule is Cc1ccsc1C1(C#N)CC(=O)C1. The Balaban J connectivity index is 2.41. The summed E-state index contributed by atoms with van der Waals surface area (Å²) < 4.78 is 0. The molecule has 1 aromatic rings. The van der Waals surface area contributed by atoms with Gasteiger partial charge in [0.25, 0.3) is 0 Å². The molecule has 1 aliphatic rings. The highest BCUT2D eigenvalue weighted by atomic mass is 32.1. The van der Waals surface area contributed by atoms with Gasteiger partial charge in [-0.25, -0.2) is 0 Å². The predicted octanol–water partition coefficient (Wildman–Crippen LogP) is 2.18. The highest BCUT2D eigenvalue weighted by Gasteiger charge is 2.47. The average Bonchev–Trinajstić information content (AvgIpc) is 2.46. The fourth-order valence-electron chi connectivity index (χ4n) is 1.77. The van der Waals surface area contributed by atoms with E-state index in [9.17, 15) is 4.79 Å². The fraction of sp³-hybridized carbons (Fsp3) is 0.400. The lowest BCUT2D eigenvalue weighted by Crippen LogP contribution is -2.40. The fourth-order valence-corrected chi connectivity index (χ4v) is 2.85. The number of hydrogen-bond acceptors (Lipinski definition) is 3. The number of nitrogens with zero attached hydrogens (tertiary/aromatic N) is 1. The second-order valence-corrected chi connectivity index (χ2v) is 4.43. The molecule has 0 amide bonds. The number of hydrogen-bond donors (Lipinski definition) is 0. The third kappa shape index (κ3) is 1.10. The van der Waals surface area contributed by atoms with Gasteiger partial charge in [0, 0.05) is 17.7 Å². The first-order valence-corrected chi connectivity index (χ1v) is 5.03. The Hall–Kier alpha value is -1.14. The van der Waals surface area contributed by atoms with Crippen LogP contribution in [0.1, 0.15) is 23.3 Å². The van der Waals surface area contributed by atoms with Gasteiger partial charge in [-0.1, -0.05) is 0 Å². The van der Waals surface area contributed by atoms with Gasteiger partial charge in [-0.2, -0.15) is 5.26 Å². The van der Waals surface area contributed by atoms with Crippen molar-refractivity contribution in [3.63, 3.8) is 0 Å². The van der Waals surface area contributed by atoms with Gasteiger partial charge in [0.05, 0.1) is 6.07 Å². The molecule has 0 saturated heterocycles. The maximum atomic E-state index is 10.9. The number of carbonyl (C=O) groups excluding carboxylic acids is 1. The van der Waals surface area contributed by atoms with E-state index < -0.39 is 5.41 Å². The van der Waals surface area contributed by atoms with Crippen molar-refractivity contribution in [2.45, 2.75) is 25.2 Å². The summed E-state index contributed by atoms with van der Waals surface area (Å²) in [5, 5.41) is 11.0. The first-order valence-electron chi connectivity index (χ1n) is 4.15. The third-order valence-electron chi connectivity index (χ3n) is 2.51. The summed E-state index contributed by atoms with van der Waals surface area (Å²) in [5.74, 6) is 0.203. The molecular formula is C10H9NOS. The molecule has 0 aliphatic heterocycles. The second kappa shape index (κ2) is 2.68. The van der Waals surface area contributed by atoms with E-state index in [1.165, 1.54) is 0 Å². The van der Waals surface area contributed by atoms with Crippen LogP contribution in [0.15, 0.2) is 11.4 Å². The van der Waals surface area contributed by atoms with Crippen molar-refractivity contribution in [2.24, 2.45) is 0 Å². The van der Waals surface area contributed by atoms with Crippen LogP contribution in [0.5, 0.6) is 0 Å². The van der Waals surface area contributed by atoms with Crippen LogP contribution in [0.2, 0.25) is 0 Å². The van der Waals surface area contributed by atoms with E-state index in [4.69, 9.17) is 5.26 Å². The van der Waals surface area contributed by atoms with Crippen LogP contribution in [0.25, 0.3) is 0 Å². The molecule has 0 aromatic carbocycles. The number of aryl methyl sites for hydroxylation is 1. The molecule has 0 bridgehead atoms.